The standard InChI is InChI=1S/C15H18N4O3/c1-18-12-11(14(21)19(2)15(18)22)7-9(8-16-12)13(20)17-10-5-3-4-6-10/h7-8,10H,3-6H2,1-2H3,(H,17,20). The highest BCUT2D eigenvalue weighted by Gasteiger charge is 2.19. The molecule has 116 valence electrons. The van der Waals surface area contributed by atoms with Crippen molar-refractivity contribution in [2.45, 2.75) is 31.7 Å². The third-order valence-electron chi connectivity index (χ3n) is 4.25. The number of nitrogens with one attached hydrogen (secondary N) is 1. The molecule has 0 unspecified atom stereocenters. The summed E-state index contributed by atoms with van der Waals surface area (Å²) in [6.45, 7) is 0. The minimum atomic E-state index is -0.443. The fourth-order valence-corrected chi connectivity index (χ4v) is 2.93. The van der Waals surface area contributed by atoms with Crippen LogP contribution in [0.5, 0.6) is 0 Å². The number of amides is 1. The van der Waals surface area contributed by atoms with Crippen molar-refractivity contribution >= 4 is 16.9 Å². The molecule has 0 spiro atoms. The second-order valence-corrected chi connectivity index (χ2v) is 5.76. The van der Waals surface area contributed by atoms with Gasteiger partial charge in [0.1, 0.15) is 5.65 Å². The molecule has 2 heterocycles. The van der Waals surface area contributed by atoms with Crippen LogP contribution in [0.25, 0.3) is 11.0 Å². The van der Waals surface area contributed by atoms with Crippen LogP contribution in [0, 0.1) is 0 Å². The highest BCUT2D eigenvalue weighted by Crippen LogP contribution is 2.18. The van der Waals surface area contributed by atoms with Gasteiger partial charge in [-0.1, -0.05) is 12.8 Å². The van der Waals surface area contributed by atoms with Crippen LogP contribution in [0.3, 0.4) is 0 Å². The summed E-state index contributed by atoms with van der Waals surface area (Å²) in [6.07, 6.45) is 5.64. The van der Waals surface area contributed by atoms with Crippen LogP contribution in [0.4, 0.5) is 0 Å². The van der Waals surface area contributed by atoms with E-state index in [0.29, 0.717) is 5.56 Å². The summed E-state index contributed by atoms with van der Waals surface area (Å²) < 4.78 is 2.32. The maximum absolute atomic E-state index is 12.3. The normalized spacial score (nSPS) is 15.4. The molecule has 22 heavy (non-hydrogen) atoms. The highest BCUT2D eigenvalue weighted by atomic mass is 16.2. The number of carbonyl (C=O) groups excluding carboxylic acids is 1. The van der Waals surface area contributed by atoms with Crippen molar-refractivity contribution in [3.05, 3.63) is 38.7 Å². The molecule has 3 rings (SSSR count). The van der Waals surface area contributed by atoms with Crippen molar-refractivity contribution in [3.8, 4) is 0 Å². The Morgan fingerprint density at radius 3 is 2.59 bits per heavy atom. The largest absolute Gasteiger partial charge is 0.349 e. The van der Waals surface area contributed by atoms with Crippen LogP contribution >= 0.6 is 0 Å². The Kier molecular flexibility index (Phi) is 3.56. The first-order valence-electron chi connectivity index (χ1n) is 7.35. The van der Waals surface area contributed by atoms with Crippen molar-refractivity contribution in [3.63, 3.8) is 0 Å². The van der Waals surface area contributed by atoms with E-state index in [-0.39, 0.29) is 23.0 Å². The number of fused-ring (bicyclic) bond motifs is 1. The van der Waals surface area contributed by atoms with E-state index in [0.717, 1.165) is 30.3 Å². The first-order valence-corrected chi connectivity index (χ1v) is 7.35. The Morgan fingerprint density at radius 1 is 1.23 bits per heavy atom. The second kappa shape index (κ2) is 5.40. The van der Waals surface area contributed by atoms with Gasteiger partial charge >= 0.3 is 5.69 Å². The first-order chi connectivity index (χ1) is 10.5. The van der Waals surface area contributed by atoms with Crippen LogP contribution in [0.1, 0.15) is 36.0 Å². The molecule has 0 saturated heterocycles. The molecule has 2 aromatic heterocycles. The fraction of sp³-hybridized carbons (Fsp3) is 0.467. The summed E-state index contributed by atoms with van der Waals surface area (Å²) in [7, 11) is 2.96. The molecule has 0 radical (unpaired) electrons. The van der Waals surface area contributed by atoms with Gasteiger partial charge in [-0.3, -0.25) is 18.7 Å². The Bertz CT molecular complexity index is 859. The number of hydrogen-bond acceptors (Lipinski definition) is 4. The Labute approximate surface area is 126 Å². The van der Waals surface area contributed by atoms with Crippen LogP contribution in [0.15, 0.2) is 21.9 Å². The van der Waals surface area contributed by atoms with Gasteiger partial charge in [-0.15, -0.1) is 0 Å². The van der Waals surface area contributed by atoms with Crippen molar-refractivity contribution in [2.24, 2.45) is 14.1 Å². The number of rotatable bonds is 2. The van der Waals surface area contributed by atoms with Gasteiger partial charge in [-0.05, 0) is 18.9 Å². The quantitative estimate of drug-likeness (QED) is 0.865. The molecule has 0 aromatic carbocycles. The maximum atomic E-state index is 12.3. The molecule has 1 fully saturated rings. The molecule has 7 nitrogen and oxygen atoms in total. The number of pyridine rings is 1. The van der Waals surface area contributed by atoms with Gasteiger partial charge in [0.15, 0.2) is 0 Å². The molecule has 1 N–H and O–H groups in total. The minimum Gasteiger partial charge on any atom is -0.349 e. The predicted molar refractivity (Wildman–Crippen MR) is 81.9 cm³/mol. The Balaban J connectivity index is 2.04. The summed E-state index contributed by atoms with van der Waals surface area (Å²) in [5, 5.41) is 3.23. The van der Waals surface area contributed by atoms with Crippen LogP contribution in [0.2, 0.25) is 0 Å². The molecule has 1 aliphatic carbocycles. The lowest BCUT2D eigenvalue weighted by Gasteiger charge is -2.12. The fourth-order valence-electron chi connectivity index (χ4n) is 2.93. The number of aryl methyl sites for hydroxylation is 1. The maximum Gasteiger partial charge on any atom is 0.332 e. The molecular weight excluding hydrogens is 284 g/mol. The third-order valence-corrected chi connectivity index (χ3v) is 4.25. The summed E-state index contributed by atoms with van der Waals surface area (Å²) in [5.41, 5.74) is -0.255. The second-order valence-electron chi connectivity index (χ2n) is 5.76. The van der Waals surface area contributed by atoms with Gasteiger partial charge in [-0.25, -0.2) is 9.78 Å². The minimum absolute atomic E-state index is 0.200. The van der Waals surface area contributed by atoms with Crippen molar-refractivity contribution in [1.29, 1.82) is 0 Å². The molecule has 0 atom stereocenters. The van der Waals surface area contributed by atoms with E-state index in [2.05, 4.69) is 10.3 Å². The van der Waals surface area contributed by atoms with Gasteiger partial charge in [0.25, 0.3) is 11.5 Å². The summed E-state index contributed by atoms with van der Waals surface area (Å²) >= 11 is 0. The lowest BCUT2D eigenvalue weighted by atomic mass is 10.2. The molecule has 1 saturated carbocycles. The summed E-state index contributed by atoms with van der Waals surface area (Å²) in [6, 6.07) is 1.71. The van der Waals surface area contributed by atoms with Crippen LogP contribution in [-0.2, 0) is 14.1 Å². The zero-order valence-corrected chi connectivity index (χ0v) is 12.6. The zero-order valence-electron chi connectivity index (χ0n) is 12.6. The van der Waals surface area contributed by atoms with E-state index in [4.69, 9.17) is 0 Å². The Hall–Kier alpha value is -2.44. The molecular formula is C15H18N4O3. The van der Waals surface area contributed by atoms with Gasteiger partial charge in [0, 0.05) is 26.3 Å². The van der Waals surface area contributed by atoms with Crippen LogP contribution in [-0.4, -0.2) is 26.1 Å². The SMILES string of the molecule is Cn1c(=O)c2cc(C(=O)NC3CCCC3)cnc2n(C)c1=O. The summed E-state index contributed by atoms with van der Waals surface area (Å²) in [5.74, 6) is -0.225. The lowest BCUT2D eigenvalue weighted by molar-refractivity contribution is 0.0937. The first kappa shape index (κ1) is 14.5. The number of hydrogen-bond donors (Lipinski definition) is 1. The molecule has 0 bridgehead atoms. The number of carbonyl (C=O) groups is 1. The average molecular weight is 302 g/mol. The predicted octanol–water partition coefficient (Wildman–Crippen LogP) is 0.305. The van der Waals surface area contributed by atoms with Gasteiger partial charge in [0.05, 0.1) is 10.9 Å². The van der Waals surface area contributed by atoms with E-state index < -0.39 is 11.2 Å². The number of nitrogens with zero attached hydrogens (tertiary/aromatic N) is 3. The zero-order chi connectivity index (χ0) is 15.9. The van der Waals surface area contributed by atoms with E-state index >= 15 is 0 Å². The van der Waals surface area contributed by atoms with Gasteiger partial charge < -0.3 is 5.32 Å². The highest BCUT2D eigenvalue weighted by molar-refractivity contribution is 5.96. The molecule has 1 aliphatic rings. The van der Waals surface area contributed by atoms with Gasteiger partial charge in [0.2, 0.25) is 0 Å². The summed E-state index contributed by atoms with van der Waals surface area (Å²) in [4.78, 5) is 40.4. The van der Waals surface area contributed by atoms with Crippen molar-refractivity contribution in [1.82, 2.24) is 19.4 Å². The van der Waals surface area contributed by atoms with Gasteiger partial charge in [-0.2, -0.15) is 0 Å². The molecule has 0 aliphatic heterocycles. The van der Waals surface area contributed by atoms with Crippen molar-refractivity contribution < 1.29 is 4.79 Å². The number of aromatic nitrogens is 3. The monoisotopic (exact) mass is 302 g/mol. The molecule has 7 heteroatoms. The average Bonchev–Trinajstić information content (AvgIpc) is 3.03. The topological polar surface area (TPSA) is 86.0 Å². The molecule has 1 amide bonds. The smallest absolute Gasteiger partial charge is 0.332 e. The Morgan fingerprint density at radius 2 is 1.91 bits per heavy atom. The molecule has 2 aromatic rings. The van der Waals surface area contributed by atoms with E-state index in [1.54, 1.807) is 7.05 Å². The lowest BCUT2D eigenvalue weighted by Crippen LogP contribution is -2.37. The van der Waals surface area contributed by atoms with Crippen LogP contribution < -0.4 is 16.6 Å². The third kappa shape index (κ3) is 2.32. The van der Waals surface area contributed by atoms with Crippen molar-refractivity contribution in [2.75, 3.05) is 0 Å². The van der Waals surface area contributed by atoms with E-state index in [1.807, 2.05) is 0 Å². The van der Waals surface area contributed by atoms with E-state index in [1.165, 1.54) is 23.9 Å². The van der Waals surface area contributed by atoms with E-state index in [9.17, 15) is 14.4 Å².